The Hall–Kier alpha value is -2.22. The molecule has 0 radical (unpaired) electrons. The number of ether oxygens (including phenoxy) is 2. The van der Waals surface area contributed by atoms with Crippen LogP contribution in [0.4, 0.5) is 0 Å². The third-order valence-corrected chi connectivity index (χ3v) is 4.93. The van der Waals surface area contributed by atoms with Crippen LogP contribution in [-0.2, 0) is 24.1 Å². The van der Waals surface area contributed by atoms with Gasteiger partial charge in [0.1, 0.15) is 11.6 Å². The van der Waals surface area contributed by atoms with Gasteiger partial charge in [0.25, 0.3) is 5.56 Å². The van der Waals surface area contributed by atoms with Gasteiger partial charge in [-0.15, -0.1) is 0 Å². The quantitative estimate of drug-likeness (QED) is 0.666. The fraction of sp³-hybridized carbons (Fsp3) is 0.545. The zero-order chi connectivity index (χ0) is 20.8. The van der Waals surface area contributed by atoms with Crippen molar-refractivity contribution in [3.63, 3.8) is 0 Å². The number of aliphatic hydroxyl groups excluding tert-OH is 1. The number of hydrogen-bond acceptors (Lipinski definition) is 6. The van der Waals surface area contributed by atoms with Crippen molar-refractivity contribution >= 4 is 0 Å². The molecule has 0 aliphatic carbocycles. The molecule has 29 heavy (non-hydrogen) atoms. The van der Waals surface area contributed by atoms with Crippen molar-refractivity contribution in [3.05, 3.63) is 57.3 Å². The van der Waals surface area contributed by atoms with Gasteiger partial charge in [0.2, 0.25) is 0 Å². The number of aliphatic hydroxyl groups is 1. The Kier molecular flexibility index (Phi) is 7.41. The van der Waals surface area contributed by atoms with Crippen LogP contribution in [0.1, 0.15) is 36.5 Å². The van der Waals surface area contributed by atoms with Crippen molar-refractivity contribution in [1.29, 1.82) is 0 Å². The first kappa shape index (κ1) is 21.5. The van der Waals surface area contributed by atoms with E-state index in [-0.39, 0.29) is 5.56 Å². The largest absolute Gasteiger partial charge is 0.497 e. The molecule has 2 aromatic rings. The van der Waals surface area contributed by atoms with E-state index >= 15 is 0 Å². The first-order valence-electron chi connectivity index (χ1n) is 10.2. The van der Waals surface area contributed by atoms with Gasteiger partial charge in [-0.2, -0.15) is 0 Å². The lowest BCUT2D eigenvalue weighted by atomic mass is 10.1. The van der Waals surface area contributed by atoms with Gasteiger partial charge < -0.3 is 19.6 Å². The lowest BCUT2D eigenvalue weighted by molar-refractivity contribution is 0.00594. The molecule has 1 atom stereocenters. The first-order chi connectivity index (χ1) is 13.9. The second kappa shape index (κ2) is 10.0. The van der Waals surface area contributed by atoms with E-state index in [1.807, 2.05) is 24.3 Å². The van der Waals surface area contributed by atoms with E-state index in [4.69, 9.17) is 14.5 Å². The van der Waals surface area contributed by atoms with Gasteiger partial charge >= 0.3 is 0 Å². The smallest absolute Gasteiger partial charge is 0.255 e. The van der Waals surface area contributed by atoms with E-state index in [9.17, 15) is 9.90 Å². The number of fused-ring (bicyclic) bond motifs is 1. The molecule has 7 heteroatoms. The maximum atomic E-state index is 12.6. The van der Waals surface area contributed by atoms with E-state index in [1.165, 1.54) is 0 Å². The second-order valence-electron chi connectivity index (χ2n) is 8.04. The summed E-state index contributed by atoms with van der Waals surface area (Å²) in [6.45, 7) is 6.87. The maximum Gasteiger partial charge on any atom is 0.255 e. The molecule has 3 rings (SSSR count). The Balaban J connectivity index is 1.62. The summed E-state index contributed by atoms with van der Waals surface area (Å²) in [5.41, 5.74) is 2.49. The Labute approximate surface area is 171 Å². The molecule has 2 heterocycles. The van der Waals surface area contributed by atoms with Crippen molar-refractivity contribution in [2.75, 3.05) is 33.4 Å². The summed E-state index contributed by atoms with van der Waals surface area (Å²) in [5, 5.41) is 10.2. The molecule has 1 aliphatic rings. The minimum atomic E-state index is -0.560. The third kappa shape index (κ3) is 6.13. The number of aromatic nitrogens is 2. The fourth-order valence-corrected chi connectivity index (χ4v) is 3.54. The molecule has 1 aromatic carbocycles. The van der Waals surface area contributed by atoms with Crippen LogP contribution in [0.25, 0.3) is 0 Å². The Morgan fingerprint density at radius 3 is 2.90 bits per heavy atom. The van der Waals surface area contributed by atoms with Crippen LogP contribution >= 0.6 is 0 Å². The van der Waals surface area contributed by atoms with E-state index in [1.54, 1.807) is 7.11 Å². The van der Waals surface area contributed by atoms with Crippen LogP contribution in [-0.4, -0.2) is 59.5 Å². The van der Waals surface area contributed by atoms with E-state index in [2.05, 4.69) is 23.7 Å². The van der Waals surface area contributed by atoms with Crippen molar-refractivity contribution in [2.45, 2.75) is 39.3 Å². The number of H-pyrrole nitrogens is 1. The first-order valence-corrected chi connectivity index (χ1v) is 10.2. The van der Waals surface area contributed by atoms with E-state index < -0.39 is 6.10 Å². The molecule has 0 bridgehead atoms. The summed E-state index contributed by atoms with van der Waals surface area (Å²) < 4.78 is 10.8. The average molecular weight is 402 g/mol. The Bertz CT molecular complexity index is 865. The number of benzene rings is 1. The van der Waals surface area contributed by atoms with Gasteiger partial charge in [-0.05, 0) is 23.6 Å². The van der Waals surface area contributed by atoms with Gasteiger partial charge in [-0.3, -0.25) is 9.69 Å². The highest BCUT2D eigenvalue weighted by Crippen LogP contribution is 2.17. The van der Waals surface area contributed by atoms with Crippen LogP contribution in [0.3, 0.4) is 0 Å². The molecule has 0 amide bonds. The highest BCUT2D eigenvalue weighted by Gasteiger charge is 2.23. The summed E-state index contributed by atoms with van der Waals surface area (Å²) in [5.74, 6) is 1.90. The van der Waals surface area contributed by atoms with Crippen molar-refractivity contribution in [3.8, 4) is 5.75 Å². The van der Waals surface area contributed by atoms with Crippen molar-refractivity contribution in [2.24, 2.45) is 5.92 Å². The highest BCUT2D eigenvalue weighted by atomic mass is 16.5. The lowest BCUT2D eigenvalue weighted by Gasteiger charge is -2.29. The molecule has 1 aliphatic heterocycles. The highest BCUT2D eigenvalue weighted by molar-refractivity contribution is 5.31. The number of nitrogens with one attached hydrogen (secondary N) is 1. The standard InChI is InChI=1S/C22H31N3O4/c1-15(2)13-29-14-17(26)11-25-8-7-20-19(12-25)22(27)24-21(23-20)10-16-5-4-6-18(9-16)28-3/h4-6,9,15,17,26H,7-8,10-14H2,1-3H3,(H,23,24,27). The molecule has 1 unspecified atom stereocenters. The average Bonchev–Trinajstić information content (AvgIpc) is 2.68. The molecular weight excluding hydrogens is 370 g/mol. The zero-order valence-electron chi connectivity index (χ0n) is 17.5. The summed E-state index contributed by atoms with van der Waals surface area (Å²) in [6.07, 6.45) is 0.689. The van der Waals surface area contributed by atoms with Gasteiger partial charge in [0, 0.05) is 39.1 Å². The number of rotatable bonds is 9. The van der Waals surface area contributed by atoms with Crippen LogP contribution < -0.4 is 10.3 Å². The van der Waals surface area contributed by atoms with Gasteiger partial charge in [0.05, 0.1) is 31.1 Å². The molecule has 158 valence electrons. The van der Waals surface area contributed by atoms with E-state index in [0.29, 0.717) is 56.5 Å². The van der Waals surface area contributed by atoms with Crippen molar-refractivity contribution in [1.82, 2.24) is 14.9 Å². The van der Waals surface area contributed by atoms with Gasteiger partial charge in [-0.25, -0.2) is 4.98 Å². The predicted octanol–water partition coefficient (Wildman–Crippen LogP) is 1.76. The number of β-amino-alcohol motifs (C(OH)–C–C–N with tert-alkyl or cyclic N) is 1. The maximum absolute atomic E-state index is 12.6. The van der Waals surface area contributed by atoms with Crippen LogP contribution in [0.15, 0.2) is 29.1 Å². The van der Waals surface area contributed by atoms with Crippen molar-refractivity contribution < 1.29 is 14.6 Å². The normalized spacial score (nSPS) is 15.3. The molecule has 0 spiro atoms. The minimum Gasteiger partial charge on any atom is -0.497 e. The van der Waals surface area contributed by atoms with Crippen LogP contribution in [0, 0.1) is 5.92 Å². The molecule has 7 nitrogen and oxygen atoms in total. The van der Waals surface area contributed by atoms with Gasteiger partial charge in [-0.1, -0.05) is 26.0 Å². The predicted molar refractivity (Wildman–Crippen MR) is 111 cm³/mol. The fourth-order valence-electron chi connectivity index (χ4n) is 3.54. The zero-order valence-corrected chi connectivity index (χ0v) is 17.5. The molecule has 0 saturated heterocycles. The topological polar surface area (TPSA) is 87.7 Å². The second-order valence-corrected chi connectivity index (χ2v) is 8.04. The lowest BCUT2D eigenvalue weighted by Crippen LogP contribution is -2.41. The molecule has 0 saturated carbocycles. The molecular formula is C22H31N3O4. The SMILES string of the molecule is COc1cccc(Cc2nc3c(c(=O)[nH]2)CN(CC(O)COCC(C)C)CC3)c1. The Morgan fingerprint density at radius 2 is 2.14 bits per heavy atom. The van der Waals surface area contributed by atoms with Gasteiger partial charge in [0.15, 0.2) is 0 Å². The summed E-state index contributed by atoms with van der Waals surface area (Å²) in [6, 6.07) is 7.76. The van der Waals surface area contributed by atoms with E-state index in [0.717, 1.165) is 23.6 Å². The minimum absolute atomic E-state index is 0.0943. The number of methoxy groups -OCH3 is 1. The third-order valence-electron chi connectivity index (χ3n) is 4.93. The summed E-state index contributed by atoms with van der Waals surface area (Å²) in [4.78, 5) is 22.3. The molecule has 2 N–H and O–H groups in total. The summed E-state index contributed by atoms with van der Waals surface area (Å²) >= 11 is 0. The van der Waals surface area contributed by atoms with Crippen LogP contribution in [0.2, 0.25) is 0 Å². The number of aromatic amines is 1. The molecule has 0 fully saturated rings. The molecule has 1 aromatic heterocycles. The summed E-state index contributed by atoms with van der Waals surface area (Å²) in [7, 11) is 1.64. The monoisotopic (exact) mass is 401 g/mol. The number of hydrogen-bond donors (Lipinski definition) is 2. The van der Waals surface area contributed by atoms with Crippen LogP contribution in [0.5, 0.6) is 5.75 Å². The Morgan fingerprint density at radius 1 is 1.31 bits per heavy atom. The number of nitrogens with zero attached hydrogens (tertiary/aromatic N) is 2.